The van der Waals surface area contributed by atoms with E-state index in [1.165, 1.54) is 28.9 Å². The van der Waals surface area contributed by atoms with Crippen molar-refractivity contribution in [1.82, 2.24) is 4.98 Å². The highest BCUT2D eigenvalue weighted by Gasteiger charge is 2.18. The summed E-state index contributed by atoms with van der Waals surface area (Å²) in [5.41, 5.74) is 5.58. The monoisotopic (exact) mass is 346 g/mol. The van der Waals surface area contributed by atoms with Gasteiger partial charge in [-0.25, -0.2) is 0 Å². The molecule has 1 N–H and O–H groups in total. The van der Waals surface area contributed by atoms with Gasteiger partial charge in [0.15, 0.2) is 0 Å². The molecule has 2 aromatic heterocycles. The van der Waals surface area contributed by atoms with E-state index in [2.05, 4.69) is 28.4 Å². The highest BCUT2D eigenvalue weighted by atomic mass is 32.1. The van der Waals surface area contributed by atoms with Crippen molar-refractivity contribution in [3.63, 3.8) is 0 Å². The average Bonchev–Trinajstić information content (AvgIpc) is 3.29. The summed E-state index contributed by atoms with van der Waals surface area (Å²) in [5, 5.41) is 6.95. The normalized spacial score (nSPS) is 13.4. The third kappa shape index (κ3) is 2.09. The average molecular weight is 346 g/mol. The number of hydrogen-bond donors (Lipinski definition) is 1. The molecule has 0 radical (unpaired) electrons. The first-order chi connectivity index (χ1) is 12.3. The topological polar surface area (TPSA) is 62.3 Å². The van der Waals surface area contributed by atoms with Crippen molar-refractivity contribution >= 4 is 38.0 Å². The number of fused-ring (bicyclic) bond motifs is 4. The summed E-state index contributed by atoms with van der Waals surface area (Å²) in [6.07, 6.45) is 3.36. The van der Waals surface area contributed by atoms with Crippen molar-refractivity contribution < 1.29 is 0 Å². The number of nitrogens with one attached hydrogen (secondary N) is 1. The Labute approximate surface area is 147 Å². The van der Waals surface area contributed by atoms with E-state index in [1.807, 2.05) is 11.4 Å². The summed E-state index contributed by atoms with van der Waals surface area (Å²) < 4.78 is 0.679. The molecule has 0 saturated carbocycles. The Bertz CT molecular complexity index is 1220. The third-order valence-electron chi connectivity index (χ3n) is 5.06. The number of pyridine rings is 1. The van der Waals surface area contributed by atoms with Gasteiger partial charge in [0, 0.05) is 21.9 Å². The number of nitroso groups, excluding NO2 is 1. The standard InChI is InChI=1S/C20H14N2O2S/c23-20-19-14(8-9-25-19)18-15(21-20)6-7-16(22-24)17(18)13-5-4-11-2-1-3-12(11)10-13/h4-10H,1-3H2,(H,21,23). The molecule has 0 atom stereocenters. The summed E-state index contributed by atoms with van der Waals surface area (Å²) in [5.74, 6) is 0. The Kier molecular flexibility index (Phi) is 3.12. The zero-order valence-electron chi connectivity index (χ0n) is 13.3. The second-order valence-corrected chi connectivity index (χ2v) is 7.34. The Morgan fingerprint density at radius 3 is 2.80 bits per heavy atom. The van der Waals surface area contributed by atoms with E-state index in [-0.39, 0.29) is 5.56 Å². The number of aromatic amines is 1. The smallest absolute Gasteiger partial charge is 0.266 e. The molecule has 2 heterocycles. The lowest BCUT2D eigenvalue weighted by atomic mass is 9.94. The van der Waals surface area contributed by atoms with Gasteiger partial charge in [-0.05, 0) is 64.7 Å². The van der Waals surface area contributed by atoms with Gasteiger partial charge in [-0.3, -0.25) is 4.79 Å². The minimum Gasteiger partial charge on any atom is -0.321 e. The molecule has 4 aromatic rings. The second-order valence-electron chi connectivity index (χ2n) is 6.43. The maximum absolute atomic E-state index is 12.3. The Morgan fingerprint density at radius 2 is 1.92 bits per heavy atom. The first kappa shape index (κ1) is 14.5. The van der Waals surface area contributed by atoms with Gasteiger partial charge in [-0.2, -0.15) is 0 Å². The van der Waals surface area contributed by atoms with Gasteiger partial charge in [0.05, 0.1) is 0 Å². The summed E-state index contributed by atoms with van der Waals surface area (Å²) in [4.78, 5) is 26.7. The molecule has 5 rings (SSSR count). The quantitative estimate of drug-likeness (QED) is 0.501. The molecule has 5 heteroatoms. The summed E-state index contributed by atoms with van der Waals surface area (Å²) in [6.45, 7) is 0. The van der Waals surface area contributed by atoms with Crippen LogP contribution in [0.1, 0.15) is 17.5 Å². The third-order valence-corrected chi connectivity index (χ3v) is 5.97. The molecule has 0 fully saturated rings. The van der Waals surface area contributed by atoms with Crippen LogP contribution in [0.25, 0.3) is 32.1 Å². The van der Waals surface area contributed by atoms with Crippen LogP contribution in [0.5, 0.6) is 0 Å². The van der Waals surface area contributed by atoms with Gasteiger partial charge in [0.25, 0.3) is 5.56 Å². The molecule has 0 amide bonds. The van der Waals surface area contributed by atoms with Crippen molar-refractivity contribution in [3.05, 3.63) is 68.2 Å². The van der Waals surface area contributed by atoms with Crippen LogP contribution in [0.4, 0.5) is 5.69 Å². The summed E-state index contributed by atoms with van der Waals surface area (Å²) >= 11 is 1.41. The SMILES string of the molecule is O=Nc1ccc2[nH]c(=O)c3sccc3c2c1-c1ccc2c(c1)CCC2. The first-order valence-corrected chi connectivity index (χ1v) is 9.16. The van der Waals surface area contributed by atoms with Crippen molar-refractivity contribution in [1.29, 1.82) is 0 Å². The largest absolute Gasteiger partial charge is 0.321 e. The first-order valence-electron chi connectivity index (χ1n) is 8.28. The lowest BCUT2D eigenvalue weighted by molar-refractivity contribution is 0.912. The van der Waals surface area contributed by atoms with Gasteiger partial charge < -0.3 is 4.98 Å². The molecule has 4 nitrogen and oxygen atoms in total. The predicted molar refractivity (Wildman–Crippen MR) is 103 cm³/mol. The van der Waals surface area contributed by atoms with E-state index in [9.17, 15) is 9.70 Å². The van der Waals surface area contributed by atoms with Gasteiger partial charge in [0.2, 0.25) is 0 Å². The fraction of sp³-hybridized carbons (Fsp3) is 0.150. The van der Waals surface area contributed by atoms with E-state index in [0.717, 1.165) is 40.3 Å². The van der Waals surface area contributed by atoms with Gasteiger partial charge in [-0.15, -0.1) is 16.2 Å². The lowest BCUT2D eigenvalue weighted by Crippen LogP contribution is -2.04. The molecule has 1 aliphatic rings. The number of benzene rings is 2. The number of H-pyrrole nitrogens is 1. The Morgan fingerprint density at radius 1 is 1.04 bits per heavy atom. The highest BCUT2D eigenvalue weighted by Crippen LogP contribution is 2.41. The number of aryl methyl sites for hydroxylation is 2. The number of thiophene rings is 1. The van der Waals surface area contributed by atoms with Crippen LogP contribution in [0.3, 0.4) is 0 Å². The second kappa shape index (κ2) is 5.36. The molecule has 1 aliphatic carbocycles. The molecule has 0 saturated heterocycles. The highest BCUT2D eigenvalue weighted by molar-refractivity contribution is 7.17. The zero-order valence-corrected chi connectivity index (χ0v) is 14.2. The molecule has 122 valence electrons. The maximum atomic E-state index is 12.3. The molecule has 25 heavy (non-hydrogen) atoms. The van der Waals surface area contributed by atoms with Gasteiger partial charge >= 0.3 is 0 Å². The molecule has 0 bridgehead atoms. The van der Waals surface area contributed by atoms with Crippen LogP contribution in [-0.2, 0) is 12.8 Å². The Balaban J connectivity index is 1.94. The van der Waals surface area contributed by atoms with E-state index < -0.39 is 0 Å². The van der Waals surface area contributed by atoms with Crippen LogP contribution in [0.2, 0.25) is 0 Å². The molecular weight excluding hydrogens is 332 g/mol. The lowest BCUT2D eigenvalue weighted by Gasteiger charge is -2.12. The van der Waals surface area contributed by atoms with Crippen LogP contribution in [0, 0.1) is 4.91 Å². The van der Waals surface area contributed by atoms with Crippen molar-refractivity contribution in [3.8, 4) is 11.1 Å². The predicted octanol–water partition coefficient (Wildman–Crippen LogP) is 5.30. The minimum absolute atomic E-state index is 0.0933. The van der Waals surface area contributed by atoms with Crippen LogP contribution in [-0.4, -0.2) is 4.98 Å². The maximum Gasteiger partial charge on any atom is 0.266 e. The minimum atomic E-state index is -0.0933. The summed E-state index contributed by atoms with van der Waals surface area (Å²) in [7, 11) is 0. The molecule has 0 unspecified atom stereocenters. The number of nitrogens with zero attached hydrogens (tertiary/aromatic N) is 1. The molecule has 0 aliphatic heterocycles. The van der Waals surface area contributed by atoms with Crippen molar-refractivity contribution in [2.24, 2.45) is 5.18 Å². The number of aromatic nitrogens is 1. The van der Waals surface area contributed by atoms with Crippen LogP contribution >= 0.6 is 11.3 Å². The van der Waals surface area contributed by atoms with Crippen LogP contribution in [0.15, 0.2) is 51.7 Å². The van der Waals surface area contributed by atoms with Crippen LogP contribution < -0.4 is 5.56 Å². The number of rotatable bonds is 2. The van der Waals surface area contributed by atoms with E-state index in [1.54, 1.807) is 12.1 Å². The van der Waals surface area contributed by atoms with E-state index >= 15 is 0 Å². The summed E-state index contributed by atoms with van der Waals surface area (Å²) in [6, 6.07) is 11.8. The molecular formula is C20H14N2O2S. The zero-order chi connectivity index (χ0) is 17.0. The van der Waals surface area contributed by atoms with E-state index in [0.29, 0.717) is 10.4 Å². The molecule has 0 spiro atoms. The number of hydrogen-bond acceptors (Lipinski definition) is 4. The van der Waals surface area contributed by atoms with Crippen molar-refractivity contribution in [2.75, 3.05) is 0 Å². The van der Waals surface area contributed by atoms with Gasteiger partial charge in [-0.1, -0.05) is 18.2 Å². The Hall–Kier alpha value is -2.79. The fourth-order valence-electron chi connectivity index (χ4n) is 3.93. The fourth-order valence-corrected chi connectivity index (χ4v) is 4.73. The van der Waals surface area contributed by atoms with Crippen molar-refractivity contribution in [2.45, 2.75) is 19.3 Å². The molecule has 2 aromatic carbocycles. The van der Waals surface area contributed by atoms with E-state index in [4.69, 9.17) is 0 Å². The van der Waals surface area contributed by atoms with Gasteiger partial charge in [0.1, 0.15) is 10.4 Å².